The van der Waals surface area contributed by atoms with Gasteiger partial charge in [0, 0.05) is 54.8 Å². The van der Waals surface area contributed by atoms with E-state index in [1.54, 1.807) is 49.1 Å². The number of nitrogens with zero attached hydrogens (tertiary/aromatic N) is 6. The van der Waals surface area contributed by atoms with Gasteiger partial charge in [0.25, 0.3) is 0 Å². The second kappa shape index (κ2) is 29.6. The SMILES string of the molecule is C.CC1(C)OB(c2ccc(OC(F)F)cc2)OC1(C)C.CCN(CC)CCOc1ccc(Nc2ncc(-c3ccc(OC(F)F)cc3)cn2)cc1.CCN(CC)CCOc1ccc(Nc2ncc(Br)cn2)cc1. The number of likely N-dealkylation sites (N-methyl/N-ethyl adjacent to an activating group) is 2. The maximum absolute atomic E-state index is 12.2. The summed E-state index contributed by atoms with van der Waals surface area (Å²) in [5.74, 6) is 2.94. The molecule has 0 radical (unpaired) electrons. The molecule has 0 amide bonds. The maximum Gasteiger partial charge on any atom is 0.494 e. The molecule has 0 bridgehead atoms. The van der Waals surface area contributed by atoms with E-state index in [9.17, 15) is 17.6 Å². The normalized spacial score (nSPS) is 13.4. The van der Waals surface area contributed by atoms with Gasteiger partial charge in [-0.3, -0.25) is 0 Å². The van der Waals surface area contributed by atoms with Crippen molar-refractivity contribution < 1.29 is 45.8 Å². The van der Waals surface area contributed by atoms with Crippen LogP contribution < -0.4 is 35.0 Å². The fourth-order valence-corrected chi connectivity index (χ4v) is 6.93. The van der Waals surface area contributed by atoms with Gasteiger partial charge in [-0.1, -0.05) is 59.4 Å². The summed E-state index contributed by atoms with van der Waals surface area (Å²) >= 11 is 3.31. The molecule has 7 rings (SSSR count). The van der Waals surface area contributed by atoms with Gasteiger partial charge in [-0.2, -0.15) is 17.6 Å². The second-order valence-corrected chi connectivity index (χ2v) is 17.9. The number of hydrogen-bond donors (Lipinski definition) is 2. The van der Waals surface area contributed by atoms with Crippen LogP contribution in [-0.2, 0) is 9.31 Å². The molecule has 3 heterocycles. The third-order valence-corrected chi connectivity index (χ3v) is 12.1. The molecule has 73 heavy (non-hydrogen) atoms. The number of halogens is 5. The maximum atomic E-state index is 12.2. The van der Waals surface area contributed by atoms with E-state index in [1.165, 1.54) is 24.3 Å². The van der Waals surface area contributed by atoms with Crippen molar-refractivity contribution in [2.75, 3.05) is 63.1 Å². The molecule has 6 aromatic rings. The summed E-state index contributed by atoms with van der Waals surface area (Å²) in [6, 6.07) is 28.1. The number of nitrogens with one attached hydrogen (secondary N) is 2. The van der Waals surface area contributed by atoms with Gasteiger partial charge >= 0.3 is 20.3 Å². The number of anilines is 4. The topological polar surface area (TPSA) is 137 Å². The number of benzene rings is 4. The minimum absolute atomic E-state index is 0. The van der Waals surface area contributed by atoms with E-state index in [0.29, 0.717) is 25.1 Å². The van der Waals surface area contributed by atoms with Crippen LogP contribution in [0.4, 0.5) is 40.8 Å². The lowest BCUT2D eigenvalue weighted by Gasteiger charge is -2.32. The third-order valence-electron chi connectivity index (χ3n) is 11.7. The fraction of sp³-hybridized carbons (Fsp3) is 0.396. The lowest BCUT2D eigenvalue weighted by atomic mass is 9.79. The molecule has 1 aliphatic rings. The number of rotatable bonds is 22. The van der Waals surface area contributed by atoms with Gasteiger partial charge in [0.1, 0.15) is 36.2 Å². The zero-order chi connectivity index (χ0) is 52.1. The number of hydrogen-bond acceptors (Lipinski definition) is 14. The lowest BCUT2D eigenvalue weighted by Crippen LogP contribution is -2.41. The van der Waals surface area contributed by atoms with Crippen LogP contribution in [0.1, 0.15) is 62.8 Å². The third kappa shape index (κ3) is 19.7. The Labute approximate surface area is 436 Å². The molecule has 2 N–H and O–H groups in total. The molecule has 394 valence electrons. The van der Waals surface area contributed by atoms with Crippen molar-refractivity contribution in [1.29, 1.82) is 0 Å². The summed E-state index contributed by atoms with van der Waals surface area (Å²) < 4.78 is 81.4. The first-order chi connectivity index (χ1) is 34.5. The molecule has 2 aromatic heterocycles. The lowest BCUT2D eigenvalue weighted by molar-refractivity contribution is -0.0505. The van der Waals surface area contributed by atoms with Crippen molar-refractivity contribution in [1.82, 2.24) is 29.7 Å². The molecular weight excluding hydrogens is 1010 g/mol. The van der Waals surface area contributed by atoms with E-state index in [2.05, 4.69) is 93.5 Å². The minimum Gasteiger partial charge on any atom is -0.492 e. The molecular formula is C53H68BBrF4N8O6. The smallest absolute Gasteiger partial charge is 0.492 e. The first-order valence-electron chi connectivity index (χ1n) is 23.7. The molecule has 0 saturated carbocycles. The number of alkyl halides is 4. The van der Waals surface area contributed by atoms with Crippen molar-refractivity contribution in [2.24, 2.45) is 0 Å². The summed E-state index contributed by atoms with van der Waals surface area (Å²) in [5.41, 5.74) is 3.28. The quantitative estimate of drug-likeness (QED) is 0.0493. The van der Waals surface area contributed by atoms with Crippen LogP contribution in [0, 0.1) is 0 Å². The Kier molecular flexibility index (Phi) is 24.1. The molecule has 0 unspecified atom stereocenters. The number of aromatic nitrogens is 4. The van der Waals surface area contributed by atoms with Crippen LogP contribution in [0.2, 0.25) is 0 Å². The molecule has 0 atom stereocenters. The summed E-state index contributed by atoms with van der Waals surface area (Å²) in [6.07, 6.45) is 6.76. The van der Waals surface area contributed by atoms with Crippen LogP contribution in [0.15, 0.2) is 126 Å². The van der Waals surface area contributed by atoms with Crippen molar-refractivity contribution in [3.63, 3.8) is 0 Å². The summed E-state index contributed by atoms with van der Waals surface area (Å²) in [7, 11) is -0.495. The zero-order valence-electron chi connectivity index (χ0n) is 42.0. The zero-order valence-corrected chi connectivity index (χ0v) is 43.5. The molecule has 14 nitrogen and oxygen atoms in total. The van der Waals surface area contributed by atoms with E-state index < -0.39 is 31.5 Å². The average Bonchev–Trinajstić information content (AvgIpc) is 3.59. The van der Waals surface area contributed by atoms with Gasteiger partial charge < -0.3 is 48.7 Å². The van der Waals surface area contributed by atoms with Crippen LogP contribution in [0.25, 0.3) is 11.1 Å². The van der Waals surface area contributed by atoms with E-state index in [1.807, 2.05) is 76.2 Å². The van der Waals surface area contributed by atoms with Gasteiger partial charge in [0.2, 0.25) is 11.9 Å². The van der Waals surface area contributed by atoms with Crippen LogP contribution in [0.3, 0.4) is 0 Å². The first kappa shape index (κ1) is 59.5. The first-order valence-corrected chi connectivity index (χ1v) is 24.5. The van der Waals surface area contributed by atoms with E-state index in [-0.39, 0.29) is 18.9 Å². The largest absolute Gasteiger partial charge is 0.494 e. The molecule has 0 spiro atoms. The van der Waals surface area contributed by atoms with Gasteiger partial charge in [-0.15, -0.1) is 0 Å². The summed E-state index contributed by atoms with van der Waals surface area (Å²) in [6.45, 7) is 18.1. The van der Waals surface area contributed by atoms with Crippen LogP contribution in [0.5, 0.6) is 23.0 Å². The van der Waals surface area contributed by atoms with Gasteiger partial charge in [-0.25, -0.2) is 19.9 Å². The van der Waals surface area contributed by atoms with Gasteiger partial charge in [0.05, 0.1) is 15.7 Å². The second-order valence-electron chi connectivity index (χ2n) is 17.0. The highest BCUT2D eigenvalue weighted by Gasteiger charge is 2.51. The Morgan fingerprint density at radius 3 is 1.26 bits per heavy atom. The van der Waals surface area contributed by atoms with E-state index in [4.69, 9.17) is 18.8 Å². The van der Waals surface area contributed by atoms with E-state index >= 15 is 0 Å². The van der Waals surface area contributed by atoms with E-state index in [0.717, 1.165) is 83.2 Å². The predicted molar refractivity (Wildman–Crippen MR) is 285 cm³/mol. The summed E-state index contributed by atoms with van der Waals surface area (Å²) in [4.78, 5) is 21.6. The molecule has 1 fully saturated rings. The van der Waals surface area contributed by atoms with Crippen molar-refractivity contribution in [3.05, 3.63) is 126 Å². The number of ether oxygens (including phenoxy) is 4. The molecule has 0 aliphatic carbocycles. The minimum atomic E-state index is -2.84. The van der Waals surface area contributed by atoms with Crippen molar-refractivity contribution in [2.45, 2.75) is 87.2 Å². The predicted octanol–water partition coefficient (Wildman–Crippen LogP) is 12.1. The highest BCUT2D eigenvalue weighted by molar-refractivity contribution is 9.10. The Hall–Kier alpha value is -6.06. The van der Waals surface area contributed by atoms with Crippen molar-refractivity contribution >= 4 is 51.8 Å². The standard InChI is InChI=1S/C23H26F2N4O2.C16H21BrN4O.C13H17BF2O3.CH4/c1-3-29(4-2)13-14-30-20-11-7-19(8-12-20)28-23-26-15-18(16-27-23)17-5-9-21(10-6-17)31-22(24)25;1-3-21(4-2)9-10-22-15-7-5-14(6-8-15)20-16-18-11-13(17)12-19-16;1-12(2)13(3,4)19-14(18-12)9-5-7-10(8-6-9)17-11(15)16;/h5-12,15-16,22H,3-4,13-14H2,1-2H3,(H,26,27,28);5-8,11-12H,3-4,9-10H2,1-2H3,(H,18,19,20);5-8,11H,1-4H3;1H4. The Morgan fingerprint density at radius 2 is 0.890 bits per heavy atom. The molecule has 4 aromatic carbocycles. The molecule has 20 heteroatoms. The van der Waals surface area contributed by atoms with Gasteiger partial charge in [-0.05, 0) is 154 Å². The van der Waals surface area contributed by atoms with Gasteiger partial charge in [0.15, 0.2) is 0 Å². The highest BCUT2D eigenvalue weighted by atomic mass is 79.9. The highest BCUT2D eigenvalue weighted by Crippen LogP contribution is 2.36. The molecule has 1 aliphatic heterocycles. The summed E-state index contributed by atoms with van der Waals surface area (Å²) in [5, 5.41) is 6.29. The fourth-order valence-electron chi connectivity index (χ4n) is 6.72. The van der Waals surface area contributed by atoms with Crippen molar-refractivity contribution in [3.8, 4) is 34.1 Å². The average molecular weight is 1080 g/mol. The molecule has 1 saturated heterocycles. The van der Waals surface area contributed by atoms with Crippen LogP contribution in [-0.4, -0.2) is 114 Å². The monoisotopic (exact) mass is 1080 g/mol. The Balaban J connectivity index is 0.000000244. The Morgan fingerprint density at radius 1 is 0.534 bits per heavy atom. The van der Waals surface area contributed by atoms with Crippen LogP contribution >= 0.6 is 15.9 Å². The Bertz CT molecular complexity index is 2450.